The Hall–Kier alpha value is -9.16. The summed E-state index contributed by atoms with van der Waals surface area (Å²) >= 11 is 0. The van der Waals surface area contributed by atoms with E-state index in [2.05, 4.69) is 188 Å². The summed E-state index contributed by atoms with van der Waals surface area (Å²) in [7, 11) is -4.13. The standard InChI is InChI=1S/C61H37N5O2S/c62-38-39-27-29-44(30-28-39)69(67,68)45-36-42(65-52-25-13-9-21-48(52)60-56(65)33-31-54-58(60)46-19-7-11-23-50(46)63(54)40-15-3-1-4-16-40)35-43(37-45)66-53-26-14-10-22-49(53)61-57(66)34-32-55-59(61)47-20-8-12-24-51(47)64(55)41-17-5-2-6-18-41/h1-37H. The van der Waals surface area contributed by atoms with Crippen LogP contribution in [0.5, 0.6) is 0 Å². The van der Waals surface area contributed by atoms with Crippen LogP contribution < -0.4 is 0 Å². The van der Waals surface area contributed by atoms with Gasteiger partial charge in [-0.05, 0) is 115 Å². The highest BCUT2D eigenvalue weighted by molar-refractivity contribution is 7.91. The van der Waals surface area contributed by atoms with E-state index in [1.165, 1.54) is 12.1 Å². The van der Waals surface area contributed by atoms with E-state index in [0.717, 1.165) is 98.6 Å². The Bertz CT molecular complexity index is 4360. The molecular formula is C61H37N5O2S. The van der Waals surface area contributed by atoms with Gasteiger partial charge in [-0.3, -0.25) is 0 Å². The van der Waals surface area contributed by atoms with Crippen molar-refractivity contribution in [3.63, 3.8) is 0 Å². The van der Waals surface area contributed by atoms with Gasteiger partial charge in [-0.1, -0.05) is 109 Å². The van der Waals surface area contributed by atoms with Gasteiger partial charge in [-0.2, -0.15) is 5.26 Å². The first-order valence-electron chi connectivity index (χ1n) is 22.9. The van der Waals surface area contributed by atoms with Gasteiger partial charge < -0.3 is 18.3 Å². The van der Waals surface area contributed by atoms with Gasteiger partial charge in [0.2, 0.25) is 9.84 Å². The Morgan fingerprint density at radius 3 is 0.971 bits per heavy atom. The summed E-state index contributed by atoms with van der Waals surface area (Å²) in [5, 5.41) is 18.5. The normalized spacial score (nSPS) is 12.2. The number of nitriles is 1. The van der Waals surface area contributed by atoms with E-state index in [4.69, 9.17) is 0 Å². The van der Waals surface area contributed by atoms with Gasteiger partial charge in [-0.15, -0.1) is 0 Å². The van der Waals surface area contributed by atoms with E-state index in [0.29, 0.717) is 16.9 Å². The maximum atomic E-state index is 15.1. The van der Waals surface area contributed by atoms with Crippen molar-refractivity contribution in [1.82, 2.24) is 18.3 Å². The van der Waals surface area contributed by atoms with Crippen LogP contribution in [0.25, 0.3) is 110 Å². The average Bonchev–Trinajstić information content (AvgIpc) is 4.14. The first-order chi connectivity index (χ1) is 34.0. The quantitative estimate of drug-likeness (QED) is 0.167. The predicted molar refractivity (Wildman–Crippen MR) is 280 cm³/mol. The Kier molecular flexibility index (Phi) is 8.30. The summed E-state index contributed by atoms with van der Waals surface area (Å²) in [6.07, 6.45) is 0. The second-order valence-electron chi connectivity index (χ2n) is 17.6. The van der Waals surface area contributed by atoms with Gasteiger partial charge >= 0.3 is 0 Å². The minimum absolute atomic E-state index is 0.111. The molecule has 0 saturated carbocycles. The van der Waals surface area contributed by atoms with Crippen LogP contribution >= 0.6 is 0 Å². The molecule has 0 radical (unpaired) electrons. The van der Waals surface area contributed by atoms with Crippen LogP contribution in [0.3, 0.4) is 0 Å². The molecule has 0 fully saturated rings. The number of rotatable bonds is 6. The van der Waals surface area contributed by atoms with E-state index in [9.17, 15) is 5.26 Å². The van der Waals surface area contributed by atoms with Crippen LogP contribution in [-0.4, -0.2) is 26.7 Å². The summed E-state index contributed by atoms with van der Waals surface area (Å²) in [5.74, 6) is 0. The fourth-order valence-electron chi connectivity index (χ4n) is 11.1. The molecule has 8 heteroatoms. The van der Waals surface area contributed by atoms with Crippen molar-refractivity contribution >= 4 is 97.1 Å². The molecule has 14 rings (SSSR count). The molecule has 0 aliphatic carbocycles. The molecule has 0 unspecified atom stereocenters. The molecule has 324 valence electrons. The average molecular weight is 904 g/mol. The Balaban J connectivity index is 1.10. The summed E-state index contributed by atoms with van der Waals surface area (Å²) in [6.45, 7) is 0. The zero-order valence-electron chi connectivity index (χ0n) is 36.8. The zero-order valence-corrected chi connectivity index (χ0v) is 37.6. The summed E-state index contributed by atoms with van der Waals surface area (Å²) in [4.78, 5) is 0.250. The number of hydrogen-bond acceptors (Lipinski definition) is 3. The van der Waals surface area contributed by atoms with Gasteiger partial charge in [0.15, 0.2) is 0 Å². The topological polar surface area (TPSA) is 77.7 Å². The van der Waals surface area contributed by atoms with Gasteiger partial charge in [0.1, 0.15) is 0 Å². The smallest absolute Gasteiger partial charge is 0.206 e. The highest BCUT2D eigenvalue weighted by Gasteiger charge is 2.26. The molecule has 0 aliphatic heterocycles. The lowest BCUT2D eigenvalue weighted by Crippen LogP contribution is -2.06. The maximum absolute atomic E-state index is 15.1. The van der Waals surface area contributed by atoms with Gasteiger partial charge in [0, 0.05) is 65.8 Å². The van der Waals surface area contributed by atoms with Gasteiger partial charge in [-0.25, -0.2) is 8.42 Å². The van der Waals surface area contributed by atoms with Crippen LogP contribution in [0, 0.1) is 11.3 Å². The molecule has 0 aliphatic rings. The minimum Gasteiger partial charge on any atom is -0.309 e. The lowest BCUT2D eigenvalue weighted by atomic mass is 10.1. The van der Waals surface area contributed by atoms with Crippen molar-refractivity contribution in [2.24, 2.45) is 0 Å². The molecule has 0 atom stereocenters. The molecule has 0 N–H and O–H groups in total. The molecule has 14 aromatic rings. The van der Waals surface area contributed by atoms with Crippen LogP contribution in [0.1, 0.15) is 5.56 Å². The number of fused-ring (bicyclic) bond motifs is 14. The number of hydrogen-bond donors (Lipinski definition) is 0. The SMILES string of the molecule is N#Cc1ccc(S(=O)(=O)c2cc(-n3c4ccccc4c4c5c6ccccc6n(-c6ccccc6)c5ccc43)cc(-n3c4ccccc4c4c5c6ccccc6n(-c6ccccc6)c5ccc43)c2)cc1. The third-order valence-corrected chi connectivity index (χ3v) is 15.7. The molecule has 0 bridgehead atoms. The third kappa shape index (κ3) is 5.56. The second-order valence-corrected chi connectivity index (χ2v) is 19.6. The molecule has 0 amide bonds. The van der Waals surface area contributed by atoms with Crippen LogP contribution in [0.15, 0.2) is 234 Å². The Labute approximate surface area is 395 Å². The Morgan fingerprint density at radius 1 is 0.304 bits per heavy atom. The van der Waals surface area contributed by atoms with Crippen LogP contribution in [0.4, 0.5) is 0 Å². The van der Waals surface area contributed by atoms with Crippen molar-refractivity contribution in [1.29, 1.82) is 5.26 Å². The lowest BCUT2D eigenvalue weighted by molar-refractivity contribution is 0.596. The summed E-state index contributed by atoms with van der Waals surface area (Å²) in [5.41, 5.74) is 12.1. The van der Waals surface area contributed by atoms with Crippen molar-refractivity contribution in [3.8, 4) is 28.8 Å². The number of nitrogens with zero attached hydrogens (tertiary/aromatic N) is 5. The van der Waals surface area contributed by atoms with Gasteiger partial charge in [0.05, 0.1) is 65.6 Å². The highest BCUT2D eigenvalue weighted by atomic mass is 32.2. The van der Waals surface area contributed by atoms with Crippen LogP contribution in [0.2, 0.25) is 0 Å². The maximum Gasteiger partial charge on any atom is 0.206 e. The number of aromatic nitrogens is 4. The largest absolute Gasteiger partial charge is 0.309 e. The third-order valence-electron chi connectivity index (χ3n) is 14.0. The molecule has 4 heterocycles. The van der Waals surface area contributed by atoms with Crippen molar-refractivity contribution in [3.05, 3.63) is 230 Å². The summed E-state index contributed by atoms with van der Waals surface area (Å²) in [6, 6.07) is 77.7. The molecule has 69 heavy (non-hydrogen) atoms. The van der Waals surface area contributed by atoms with E-state index in [1.807, 2.05) is 24.3 Å². The molecular weight excluding hydrogens is 867 g/mol. The first-order valence-corrected chi connectivity index (χ1v) is 24.4. The first kappa shape index (κ1) is 39.0. The second kappa shape index (κ2) is 14.7. The fraction of sp³-hybridized carbons (Fsp3) is 0. The highest BCUT2D eigenvalue weighted by Crippen LogP contribution is 2.45. The van der Waals surface area contributed by atoms with Crippen molar-refractivity contribution < 1.29 is 8.42 Å². The number of sulfone groups is 1. The zero-order chi connectivity index (χ0) is 46.0. The molecule has 10 aromatic carbocycles. The minimum atomic E-state index is -4.13. The number of benzene rings is 10. The van der Waals surface area contributed by atoms with Crippen LogP contribution in [-0.2, 0) is 9.84 Å². The molecule has 7 nitrogen and oxygen atoms in total. The van der Waals surface area contributed by atoms with E-state index < -0.39 is 9.84 Å². The van der Waals surface area contributed by atoms with Crippen molar-refractivity contribution in [2.75, 3.05) is 0 Å². The lowest BCUT2D eigenvalue weighted by Gasteiger charge is -2.16. The number of para-hydroxylation sites is 6. The van der Waals surface area contributed by atoms with E-state index in [-0.39, 0.29) is 9.79 Å². The molecule has 0 saturated heterocycles. The van der Waals surface area contributed by atoms with Crippen molar-refractivity contribution in [2.45, 2.75) is 9.79 Å². The van der Waals surface area contributed by atoms with E-state index >= 15 is 8.42 Å². The van der Waals surface area contributed by atoms with Gasteiger partial charge in [0.25, 0.3) is 0 Å². The Morgan fingerprint density at radius 2 is 0.623 bits per heavy atom. The summed E-state index contributed by atoms with van der Waals surface area (Å²) < 4.78 is 39.4. The fourth-order valence-corrected chi connectivity index (χ4v) is 12.4. The molecule has 0 spiro atoms. The van der Waals surface area contributed by atoms with E-state index in [1.54, 1.807) is 24.3 Å². The molecule has 4 aromatic heterocycles. The monoisotopic (exact) mass is 903 g/mol. The predicted octanol–water partition coefficient (Wildman–Crippen LogP) is 14.8.